The number of nitrogens with zero attached hydrogens (tertiary/aromatic N) is 3. The van der Waals surface area contributed by atoms with Gasteiger partial charge in [-0.2, -0.15) is 0 Å². The Balaban J connectivity index is 1.48. The minimum absolute atomic E-state index is 0.189. The second-order valence-corrected chi connectivity index (χ2v) is 7.92. The van der Waals surface area contributed by atoms with Crippen molar-refractivity contribution in [3.05, 3.63) is 90.8 Å². The molecule has 142 valence electrons. The molecule has 0 saturated carbocycles. The van der Waals surface area contributed by atoms with Crippen LogP contribution >= 0.6 is 11.8 Å². The fourth-order valence-corrected chi connectivity index (χ4v) is 4.56. The molecule has 3 aromatic rings. The Kier molecular flexibility index (Phi) is 5.92. The number of anilines is 1. The van der Waals surface area contributed by atoms with Crippen molar-refractivity contribution in [2.75, 3.05) is 31.1 Å². The summed E-state index contributed by atoms with van der Waals surface area (Å²) >= 11 is 1.63. The second-order valence-electron chi connectivity index (χ2n) is 6.74. The molecule has 4 rings (SSSR count). The van der Waals surface area contributed by atoms with Crippen molar-refractivity contribution in [3.63, 3.8) is 0 Å². The molecule has 0 spiro atoms. The van der Waals surface area contributed by atoms with Gasteiger partial charge in [-0.25, -0.2) is 0 Å². The van der Waals surface area contributed by atoms with Crippen LogP contribution in [0.2, 0.25) is 0 Å². The van der Waals surface area contributed by atoms with Gasteiger partial charge >= 0.3 is 0 Å². The molecule has 1 atom stereocenters. The SMILES string of the molecule is O=C(C(Sc1ccccc1)c1ccccc1)N1CCN(c2ccncc2)CC1. The normalized spacial score (nSPS) is 15.3. The molecule has 1 aromatic heterocycles. The molecule has 2 aromatic carbocycles. The van der Waals surface area contributed by atoms with Crippen molar-refractivity contribution in [1.29, 1.82) is 0 Å². The van der Waals surface area contributed by atoms with Crippen molar-refractivity contribution < 1.29 is 4.79 Å². The van der Waals surface area contributed by atoms with Crippen molar-refractivity contribution in [2.24, 2.45) is 0 Å². The number of piperazine rings is 1. The van der Waals surface area contributed by atoms with Crippen LogP contribution in [-0.4, -0.2) is 42.0 Å². The predicted octanol–water partition coefficient (Wildman–Crippen LogP) is 4.26. The Morgan fingerprint density at radius 1 is 0.821 bits per heavy atom. The first kappa shape index (κ1) is 18.6. The number of rotatable bonds is 5. The molecular weight excluding hydrogens is 366 g/mol. The van der Waals surface area contributed by atoms with E-state index in [0.29, 0.717) is 0 Å². The molecule has 0 bridgehead atoms. The van der Waals surface area contributed by atoms with Gasteiger partial charge < -0.3 is 9.80 Å². The van der Waals surface area contributed by atoms with E-state index in [1.54, 1.807) is 11.8 Å². The Labute approximate surface area is 170 Å². The van der Waals surface area contributed by atoms with Gasteiger partial charge in [0.25, 0.3) is 0 Å². The lowest BCUT2D eigenvalue weighted by Gasteiger charge is -2.37. The number of hydrogen-bond acceptors (Lipinski definition) is 4. The average molecular weight is 390 g/mol. The van der Waals surface area contributed by atoms with Crippen molar-refractivity contribution in [1.82, 2.24) is 9.88 Å². The topological polar surface area (TPSA) is 36.4 Å². The summed E-state index contributed by atoms with van der Waals surface area (Å²) in [7, 11) is 0. The van der Waals surface area contributed by atoms with E-state index >= 15 is 0 Å². The third kappa shape index (κ3) is 4.37. The fourth-order valence-electron chi connectivity index (χ4n) is 3.43. The van der Waals surface area contributed by atoms with Crippen LogP contribution < -0.4 is 4.90 Å². The van der Waals surface area contributed by atoms with Gasteiger partial charge in [0.15, 0.2) is 0 Å². The first-order valence-corrected chi connectivity index (χ1v) is 10.4. The van der Waals surface area contributed by atoms with Crippen molar-refractivity contribution in [3.8, 4) is 0 Å². The Hall–Kier alpha value is -2.79. The Bertz CT molecular complexity index is 881. The summed E-state index contributed by atoms with van der Waals surface area (Å²) in [5, 5.41) is -0.226. The average Bonchev–Trinajstić information content (AvgIpc) is 2.79. The Morgan fingerprint density at radius 3 is 2.07 bits per heavy atom. The molecule has 1 aliphatic rings. The highest BCUT2D eigenvalue weighted by Crippen LogP contribution is 2.37. The van der Waals surface area contributed by atoms with Gasteiger partial charge in [0.1, 0.15) is 5.25 Å². The zero-order valence-electron chi connectivity index (χ0n) is 15.6. The summed E-state index contributed by atoms with van der Waals surface area (Å²) in [6, 6.07) is 24.3. The first-order valence-electron chi connectivity index (χ1n) is 9.52. The maximum absolute atomic E-state index is 13.4. The highest BCUT2D eigenvalue weighted by molar-refractivity contribution is 8.00. The largest absolute Gasteiger partial charge is 0.368 e. The third-order valence-electron chi connectivity index (χ3n) is 4.94. The molecule has 1 fully saturated rings. The molecule has 0 N–H and O–H groups in total. The fraction of sp³-hybridized carbons (Fsp3) is 0.217. The molecule has 2 heterocycles. The minimum atomic E-state index is -0.226. The van der Waals surface area contributed by atoms with Gasteiger partial charge in [-0.3, -0.25) is 9.78 Å². The number of carbonyl (C=O) groups excluding carboxylic acids is 1. The number of amides is 1. The number of aromatic nitrogens is 1. The smallest absolute Gasteiger partial charge is 0.240 e. The molecule has 28 heavy (non-hydrogen) atoms. The monoisotopic (exact) mass is 389 g/mol. The van der Waals surface area contributed by atoms with Gasteiger partial charge in [0.05, 0.1) is 0 Å². The molecule has 1 saturated heterocycles. The van der Waals surface area contributed by atoms with Crippen LogP contribution in [-0.2, 0) is 4.79 Å². The quantitative estimate of drug-likeness (QED) is 0.611. The van der Waals surface area contributed by atoms with Gasteiger partial charge in [-0.1, -0.05) is 48.5 Å². The maximum atomic E-state index is 13.4. The zero-order chi connectivity index (χ0) is 19.2. The molecule has 0 radical (unpaired) electrons. The highest BCUT2D eigenvalue weighted by atomic mass is 32.2. The predicted molar refractivity (Wildman–Crippen MR) is 115 cm³/mol. The summed E-state index contributed by atoms with van der Waals surface area (Å²) < 4.78 is 0. The van der Waals surface area contributed by atoms with E-state index in [9.17, 15) is 4.79 Å². The van der Waals surface area contributed by atoms with E-state index in [1.807, 2.05) is 78.0 Å². The van der Waals surface area contributed by atoms with E-state index < -0.39 is 0 Å². The molecule has 1 unspecified atom stereocenters. The number of hydrogen-bond donors (Lipinski definition) is 0. The van der Waals surface area contributed by atoms with Crippen LogP contribution in [0.15, 0.2) is 90.1 Å². The zero-order valence-corrected chi connectivity index (χ0v) is 16.5. The van der Waals surface area contributed by atoms with Gasteiger partial charge in [-0.15, -0.1) is 11.8 Å². The summed E-state index contributed by atoms with van der Waals surface area (Å²) in [5.41, 5.74) is 2.22. The van der Waals surface area contributed by atoms with Crippen LogP contribution in [0.4, 0.5) is 5.69 Å². The third-order valence-corrected chi connectivity index (χ3v) is 6.20. The van der Waals surface area contributed by atoms with Crippen molar-refractivity contribution >= 4 is 23.4 Å². The molecule has 1 amide bonds. The van der Waals surface area contributed by atoms with Gasteiger partial charge in [-0.05, 0) is 29.8 Å². The van der Waals surface area contributed by atoms with E-state index in [-0.39, 0.29) is 11.2 Å². The first-order chi connectivity index (χ1) is 13.8. The molecular formula is C23H23N3OS. The maximum Gasteiger partial charge on any atom is 0.240 e. The van der Waals surface area contributed by atoms with E-state index in [1.165, 1.54) is 5.69 Å². The number of carbonyl (C=O) groups is 1. The van der Waals surface area contributed by atoms with Crippen LogP contribution in [0.1, 0.15) is 10.8 Å². The van der Waals surface area contributed by atoms with Crippen LogP contribution in [0.5, 0.6) is 0 Å². The number of thioether (sulfide) groups is 1. The summed E-state index contributed by atoms with van der Waals surface area (Å²) in [5.74, 6) is 0.189. The lowest BCUT2D eigenvalue weighted by molar-refractivity contribution is -0.131. The van der Waals surface area contributed by atoms with E-state index in [2.05, 4.69) is 22.0 Å². The van der Waals surface area contributed by atoms with Crippen LogP contribution in [0.25, 0.3) is 0 Å². The summed E-state index contributed by atoms with van der Waals surface area (Å²) in [4.78, 5) is 22.9. The minimum Gasteiger partial charge on any atom is -0.368 e. The number of benzene rings is 2. The number of pyridine rings is 1. The van der Waals surface area contributed by atoms with E-state index in [0.717, 1.165) is 36.6 Å². The summed E-state index contributed by atoms with van der Waals surface area (Å²) in [6.45, 7) is 3.15. The highest BCUT2D eigenvalue weighted by Gasteiger charge is 2.29. The van der Waals surface area contributed by atoms with Crippen molar-refractivity contribution in [2.45, 2.75) is 10.1 Å². The second kappa shape index (κ2) is 8.93. The van der Waals surface area contributed by atoms with Crippen LogP contribution in [0.3, 0.4) is 0 Å². The molecule has 4 nitrogen and oxygen atoms in total. The Morgan fingerprint density at radius 2 is 1.43 bits per heavy atom. The lowest BCUT2D eigenvalue weighted by Crippen LogP contribution is -2.49. The lowest BCUT2D eigenvalue weighted by atomic mass is 10.1. The van der Waals surface area contributed by atoms with Gasteiger partial charge in [0.2, 0.25) is 5.91 Å². The standard InChI is InChI=1S/C23H23N3OS/c27-23(26-17-15-25(16-18-26)20-11-13-24-14-12-20)22(19-7-3-1-4-8-19)28-21-9-5-2-6-10-21/h1-14,22H,15-18H2. The van der Waals surface area contributed by atoms with Gasteiger partial charge in [0, 0.05) is 49.2 Å². The van der Waals surface area contributed by atoms with E-state index in [4.69, 9.17) is 0 Å². The molecule has 1 aliphatic heterocycles. The molecule has 0 aliphatic carbocycles. The summed E-state index contributed by atoms with van der Waals surface area (Å²) in [6.07, 6.45) is 3.63. The molecule has 5 heteroatoms. The van der Waals surface area contributed by atoms with Crippen LogP contribution in [0, 0.1) is 0 Å².